The molecule has 1 saturated carbocycles. The van der Waals surface area contributed by atoms with E-state index in [1.54, 1.807) is 0 Å². The molecule has 1 aliphatic heterocycles. The first kappa shape index (κ1) is 28.6. The summed E-state index contributed by atoms with van der Waals surface area (Å²) in [5.41, 5.74) is 5.56. The van der Waals surface area contributed by atoms with Crippen LogP contribution in [0.2, 0.25) is 0 Å². The fourth-order valence-corrected chi connectivity index (χ4v) is 6.45. The molecule has 2 aromatic heterocycles. The fourth-order valence-electron chi connectivity index (χ4n) is 6.45. The molecule has 3 aromatic rings. The van der Waals surface area contributed by atoms with E-state index in [2.05, 4.69) is 60.0 Å². The summed E-state index contributed by atoms with van der Waals surface area (Å²) in [4.78, 5) is 13.5. The van der Waals surface area contributed by atoms with Crippen LogP contribution in [-0.2, 0) is 16.9 Å². The molecule has 1 amide bonds. The lowest BCUT2D eigenvalue weighted by Crippen LogP contribution is -2.39. The van der Waals surface area contributed by atoms with Crippen molar-refractivity contribution < 1.29 is 14.6 Å². The van der Waals surface area contributed by atoms with Crippen LogP contribution >= 0.6 is 0 Å². The first-order valence-electron chi connectivity index (χ1n) is 15.1. The Morgan fingerprint density at radius 2 is 1.80 bits per heavy atom. The Balaban J connectivity index is 1.57. The highest BCUT2D eigenvalue weighted by atomic mass is 16.5. The zero-order chi connectivity index (χ0) is 28.4. The predicted octanol–water partition coefficient (Wildman–Crippen LogP) is 6.62. The van der Waals surface area contributed by atoms with Crippen LogP contribution in [0, 0.1) is 12.8 Å². The van der Waals surface area contributed by atoms with Gasteiger partial charge in [0.25, 0.3) is 5.91 Å². The summed E-state index contributed by atoms with van der Waals surface area (Å²) in [5, 5.41) is 19.1. The first-order valence-corrected chi connectivity index (χ1v) is 15.1. The lowest BCUT2D eigenvalue weighted by Gasteiger charge is -2.26. The number of nitrogens with one attached hydrogen (secondary N) is 1. The number of hydrogen-bond acceptors (Lipinski definition) is 4. The maximum absolute atomic E-state index is 13.5. The normalized spacial score (nSPS) is 17.5. The van der Waals surface area contributed by atoms with Crippen molar-refractivity contribution in [2.45, 2.75) is 104 Å². The van der Waals surface area contributed by atoms with E-state index in [0.29, 0.717) is 19.1 Å². The monoisotopic (exact) mass is 546 g/mol. The van der Waals surface area contributed by atoms with Crippen molar-refractivity contribution in [3.63, 3.8) is 0 Å². The maximum atomic E-state index is 13.5. The van der Waals surface area contributed by atoms with Gasteiger partial charge in [0.15, 0.2) is 0 Å². The molecule has 1 aliphatic carbocycles. The van der Waals surface area contributed by atoms with Gasteiger partial charge in [-0.05, 0) is 95.5 Å². The Labute approximate surface area is 238 Å². The van der Waals surface area contributed by atoms with Crippen molar-refractivity contribution in [3.8, 4) is 22.5 Å². The highest BCUT2D eigenvalue weighted by molar-refractivity contribution is 5.97. The summed E-state index contributed by atoms with van der Waals surface area (Å²) in [7, 11) is 0. The second kappa shape index (κ2) is 11.9. The molecule has 2 fully saturated rings. The van der Waals surface area contributed by atoms with E-state index in [-0.39, 0.29) is 18.0 Å². The van der Waals surface area contributed by atoms with Gasteiger partial charge in [0.1, 0.15) is 0 Å². The van der Waals surface area contributed by atoms with Gasteiger partial charge in [-0.3, -0.25) is 9.48 Å². The van der Waals surface area contributed by atoms with Gasteiger partial charge in [0.2, 0.25) is 0 Å². The Hall–Kier alpha value is -2.90. The topological polar surface area (TPSA) is 81.3 Å². The number of carbonyl (C=O) groups excluding carboxylic acids is 1. The molecule has 40 heavy (non-hydrogen) atoms. The van der Waals surface area contributed by atoms with Crippen molar-refractivity contribution in [2.24, 2.45) is 5.92 Å². The average molecular weight is 547 g/mol. The van der Waals surface area contributed by atoms with Crippen LogP contribution in [0.15, 0.2) is 36.5 Å². The number of ether oxygens (including phenoxy) is 1. The zero-order valence-corrected chi connectivity index (χ0v) is 24.9. The van der Waals surface area contributed by atoms with E-state index >= 15 is 0 Å². The third-order valence-electron chi connectivity index (χ3n) is 8.74. The van der Waals surface area contributed by atoms with E-state index < -0.39 is 5.60 Å². The van der Waals surface area contributed by atoms with Crippen LogP contribution < -0.4 is 5.32 Å². The summed E-state index contributed by atoms with van der Waals surface area (Å²) in [5.74, 6) is 0.603. The molecule has 1 aromatic carbocycles. The third-order valence-corrected chi connectivity index (χ3v) is 8.74. The van der Waals surface area contributed by atoms with E-state index in [9.17, 15) is 9.90 Å². The van der Waals surface area contributed by atoms with Gasteiger partial charge >= 0.3 is 0 Å². The highest BCUT2D eigenvalue weighted by Crippen LogP contribution is 2.38. The summed E-state index contributed by atoms with van der Waals surface area (Å²) >= 11 is 0. The number of rotatable bonds is 8. The van der Waals surface area contributed by atoms with Crippen molar-refractivity contribution in [2.75, 3.05) is 13.2 Å². The fraction of sp³-hybridized carbons (Fsp3) is 0.576. The quantitative estimate of drug-likeness (QED) is 0.333. The molecular formula is C33H46N4O3. The smallest absolute Gasteiger partial charge is 0.253 e. The van der Waals surface area contributed by atoms with E-state index in [1.807, 2.05) is 30.8 Å². The van der Waals surface area contributed by atoms with Crippen LogP contribution in [0.25, 0.3) is 22.5 Å². The number of hydrogen-bond donors (Lipinski definition) is 2. The molecule has 0 spiro atoms. The maximum Gasteiger partial charge on any atom is 0.253 e. The molecule has 1 saturated heterocycles. The lowest BCUT2D eigenvalue weighted by atomic mass is 9.88. The van der Waals surface area contributed by atoms with Crippen molar-refractivity contribution in [1.29, 1.82) is 0 Å². The molecule has 3 heterocycles. The minimum atomic E-state index is -1.06. The van der Waals surface area contributed by atoms with E-state index in [1.165, 1.54) is 32.1 Å². The lowest BCUT2D eigenvalue weighted by molar-refractivity contribution is 0.0695. The number of amides is 1. The minimum absolute atomic E-state index is 0.00629. The Morgan fingerprint density at radius 1 is 1.07 bits per heavy atom. The summed E-state index contributed by atoms with van der Waals surface area (Å²) in [6.45, 7) is 12.3. The Kier molecular flexibility index (Phi) is 8.52. The van der Waals surface area contributed by atoms with E-state index in [0.717, 1.165) is 58.7 Å². The van der Waals surface area contributed by atoms with Crippen LogP contribution in [-0.4, -0.2) is 44.6 Å². The van der Waals surface area contributed by atoms with Crippen LogP contribution in [0.5, 0.6) is 0 Å². The van der Waals surface area contributed by atoms with Gasteiger partial charge in [-0.25, -0.2) is 0 Å². The van der Waals surface area contributed by atoms with Crippen molar-refractivity contribution >= 4 is 5.91 Å². The van der Waals surface area contributed by atoms with Crippen molar-refractivity contribution in [1.82, 2.24) is 19.7 Å². The molecular weight excluding hydrogens is 500 g/mol. The number of benzene rings is 1. The summed E-state index contributed by atoms with van der Waals surface area (Å²) < 4.78 is 9.85. The molecule has 2 N–H and O–H groups in total. The highest BCUT2D eigenvalue weighted by Gasteiger charge is 2.27. The molecule has 7 heteroatoms. The largest absolute Gasteiger partial charge is 0.386 e. The van der Waals surface area contributed by atoms with Crippen LogP contribution in [0.4, 0.5) is 0 Å². The first-order chi connectivity index (χ1) is 19.1. The number of aliphatic hydroxyl groups is 1. The standard InChI is InChI=1S/C33H46N4O3/c1-22(2)37-30(13-16-34-37)27-12-11-25(19-29(27)33(4,5)39)31-20-28(32(38)35-26-14-17-40-18-15-26)23(3)36(31)21-24-9-7-6-8-10-24/h11-13,16,19-20,22,24,26,39H,6-10,14-15,17-18,21H2,1-5H3,(H,35,38). The average Bonchev–Trinajstić information content (AvgIpc) is 3.55. The van der Waals surface area contributed by atoms with Crippen molar-refractivity contribution in [3.05, 3.63) is 53.3 Å². The second-order valence-corrected chi connectivity index (χ2v) is 12.6. The van der Waals surface area contributed by atoms with Crippen LogP contribution in [0.1, 0.15) is 100 Å². The number of nitrogens with zero attached hydrogens (tertiary/aromatic N) is 3. The molecule has 2 aliphatic rings. The second-order valence-electron chi connectivity index (χ2n) is 12.6. The predicted molar refractivity (Wildman–Crippen MR) is 159 cm³/mol. The van der Waals surface area contributed by atoms with Gasteiger partial charge in [0.05, 0.1) is 16.9 Å². The van der Waals surface area contributed by atoms with Gasteiger partial charge in [-0.15, -0.1) is 0 Å². The van der Waals surface area contributed by atoms with Crippen LogP contribution in [0.3, 0.4) is 0 Å². The number of aromatic nitrogens is 3. The molecule has 216 valence electrons. The van der Waals surface area contributed by atoms with Gasteiger partial charge in [-0.2, -0.15) is 5.10 Å². The summed E-state index contributed by atoms with van der Waals surface area (Å²) in [6.07, 6.45) is 9.85. The third kappa shape index (κ3) is 6.06. The van der Waals surface area contributed by atoms with Gasteiger partial charge < -0.3 is 19.7 Å². The minimum Gasteiger partial charge on any atom is -0.386 e. The van der Waals surface area contributed by atoms with E-state index in [4.69, 9.17) is 4.74 Å². The number of carbonyl (C=O) groups is 1. The SMILES string of the molecule is Cc1c(C(=O)NC2CCOCC2)cc(-c2ccc(-c3ccnn3C(C)C)c(C(C)(C)O)c2)n1CC1CCCCC1. The van der Waals surface area contributed by atoms with Gasteiger partial charge in [-0.1, -0.05) is 31.4 Å². The Bertz CT molecular complexity index is 1320. The molecule has 0 atom stereocenters. The Morgan fingerprint density at radius 3 is 2.48 bits per heavy atom. The zero-order valence-electron chi connectivity index (χ0n) is 24.9. The molecule has 0 radical (unpaired) electrons. The molecule has 0 unspecified atom stereocenters. The summed E-state index contributed by atoms with van der Waals surface area (Å²) in [6, 6.07) is 10.8. The molecule has 7 nitrogen and oxygen atoms in total. The van der Waals surface area contributed by atoms with Gasteiger partial charge in [0, 0.05) is 55.0 Å². The molecule has 0 bridgehead atoms. The molecule has 5 rings (SSSR count).